The van der Waals surface area contributed by atoms with Crippen molar-refractivity contribution in [1.29, 1.82) is 0 Å². The fourth-order valence-electron chi connectivity index (χ4n) is 4.86. The van der Waals surface area contributed by atoms with Crippen LogP contribution in [0.5, 0.6) is 11.5 Å². The Morgan fingerprint density at radius 1 is 1.00 bits per heavy atom. The lowest BCUT2D eigenvalue weighted by molar-refractivity contribution is -0.0531. The van der Waals surface area contributed by atoms with Crippen molar-refractivity contribution in [3.63, 3.8) is 0 Å². The van der Waals surface area contributed by atoms with Crippen LogP contribution in [0.2, 0.25) is 0 Å². The molecule has 0 radical (unpaired) electrons. The maximum Gasteiger partial charge on any atom is 0.319 e. The summed E-state index contributed by atoms with van der Waals surface area (Å²) in [4.78, 5) is 32.4. The van der Waals surface area contributed by atoms with E-state index in [1.807, 2.05) is 27.0 Å². The molecular formula is C32H39FN4O4. The molecule has 3 aromatic rings. The first-order valence-electron chi connectivity index (χ1n) is 14.2. The maximum atomic E-state index is 15.1. The van der Waals surface area contributed by atoms with E-state index in [0.717, 1.165) is 25.8 Å². The van der Waals surface area contributed by atoms with Gasteiger partial charge in [-0.3, -0.25) is 9.63 Å². The number of halogens is 1. The predicted octanol–water partition coefficient (Wildman–Crippen LogP) is 6.30. The molecule has 4 rings (SSSR count). The molecule has 3 aromatic carbocycles. The molecule has 1 heterocycles. The molecule has 218 valence electrons. The van der Waals surface area contributed by atoms with E-state index in [0.29, 0.717) is 41.2 Å². The summed E-state index contributed by atoms with van der Waals surface area (Å²) < 4.78 is 21.0. The number of carbonyl (C=O) groups excluding carboxylic acids is 2. The van der Waals surface area contributed by atoms with Crippen molar-refractivity contribution >= 4 is 17.6 Å². The lowest BCUT2D eigenvalue weighted by Crippen LogP contribution is -2.45. The van der Waals surface area contributed by atoms with Crippen LogP contribution < -0.4 is 20.9 Å². The summed E-state index contributed by atoms with van der Waals surface area (Å²) in [6, 6.07) is 20.7. The first-order chi connectivity index (χ1) is 19.8. The van der Waals surface area contributed by atoms with E-state index in [2.05, 4.69) is 21.0 Å². The summed E-state index contributed by atoms with van der Waals surface area (Å²) in [6.45, 7) is 4.85. The number of amides is 3. The molecule has 0 spiro atoms. The predicted molar refractivity (Wildman–Crippen MR) is 158 cm³/mol. The van der Waals surface area contributed by atoms with E-state index in [1.54, 1.807) is 60.7 Å². The van der Waals surface area contributed by atoms with Crippen LogP contribution >= 0.6 is 0 Å². The Kier molecular flexibility index (Phi) is 10.7. The molecule has 8 nitrogen and oxygen atoms in total. The van der Waals surface area contributed by atoms with Gasteiger partial charge >= 0.3 is 6.03 Å². The number of hydrogen-bond donors (Lipinski definition) is 3. The third-order valence-corrected chi connectivity index (χ3v) is 7.47. The van der Waals surface area contributed by atoms with Crippen molar-refractivity contribution < 1.29 is 23.6 Å². The van der Waals surface area contributed by atoms with Crippen LogP contribution in [0.25, 0.3) is 0 Å². The first kappa shape index (κ1) is 30.0. The number of rotatable bonds is 11. The number of piperidine rings is 1. The third-order valence-electron chi connectivity index (χ3n) is 7.47. The van der Waals surface area contributed by atoms with Crippen LogP contribution in [-0.2, 0) is 11.3 Å². The van der Waals surface area contributed by atoms with Gasteiger partial charge in [0.25, 0.3) is 5.91 Å². The molecule has 9 heteroatoms. The third kappa shape index (κ3) is 8.77. The molecule has 0 bridgehead atoms. The highest BCUT2D eigenvalue weighted by atomic mass is 19.1. The molecule has 3 N–H and O–H groups in total. The molecule has 3 amide bonds. The maximum absolute atomic E-state index is 15.1. The zero-order valence-corrected chi connectivity index (χ0v) is 23.9. The summed E-state index contributed by atoms with van der Waals surface area (Å²) in [7, 11) is 2.02. The molecule has 2 atom stereocenters. The number of benzene rings is 3. The Morgan fingerprint density at radius 3 is 2.39 bits per heavy atom. The molecule has 1 fully saturated rings. The zero-order valence-electron chi connectivity index (χ0n) is 23.9. The van der Waals surface area contributed by atoms with Gasteiger partial charge in [-0.15, -0.1) is 0 Å². The van der Waals surface area contributed by atoms with Crippen LogP contribution in [0.1, 0.15) is 55.5 Å². The molecular weight excluding hydrogens is 523 g/mol. The summed E-state index contributed by atoms with van der Waals surface area (Å²) in [5, 5.41) is 5.75. The Hall–Kier alpha value is -3.95. The van der Waals surface area contributed by atoms with Gasteiger partial charge in [-0.2, -0.15) is 0 Å². The second kappa shape index (κ2) is 14.6. The smallest absolute Gasteiger partial charge is 0.319 e. The second-order valence-corrected chi connectivity index (χ2v) is 10.4. The van der Waals surface area contributed by atoms with Gasteiger partial charge in [-0.1, -0.05) is 38.1 Å². The summed E-state index contributed by atoms with van der Waals surface area (Å²) >= 11 is 0. The van der Waals surface area contributed by atoms with Gasteiger partial charge in [0.15, 0.2) is 0 Å². The minimum atomic E-state index is -0.340. The standard InChI is InChI=1S/C32H39FN4O4/c1-4-24(5-2)34-32(39)35-25-12-15-27(16-13-25)40-28-14-11-23(30(33)21-28)19-26-20-29(17-18-37(26)3)41-36-31(38)22-9-7-6-8-10-22/h6-16,21,24,26,29H,4-5,17-20H2,1-3H3,(H,36,38)(H2,34,35,39). The number of hydroxylamine groups is 1. The number of carbonyl (C=O) groups is 2. The molecule has 1 saturated heterocycles. The van der Waals surface area contributed by atoms with Crippen molar-refractivity contribution in [2.24, 2.45) is 0 Å². The summed E-state index contributed by atoms with van der Waals surface area (Å²) in [5.41, 5.74) is 4.33. The Morgan fingerprint density at radius 2 is 1.71 bits per heavy atom. The minimum Gasteiger partial charge on any atom is -0.457 e. The highest BCUT2D eigenvalue weighted by Crippen LogP contribution is 2.27. The van der Waals surface area contributed by atoms with Gasteiger partial charge < -0.3 is 20.3 Å². The van der Waals surface area contributed by atoms with Crippen LogP contribution in [0.4, 0.5) is 14.9 Å². The van der Waals surface area contributed by atoms with Crippen molar-refractivity contribution in [2.45, 2.75) is 64.1 Å². The summed E-state index contributed by atoms with van der Waals surface area (Å²) in [5.74, 6) is 0.303. The van der Waals surface area contributed by atoms with E-state index in [4.69, 9.17) is 9.57 Å². The second-order valence-electron chi connectivity index (χ2n) is 10.4. The molecule has 1 aliphatic heterocycles. The largest absolute Gasteiger partial charge is 0.457 e. The van der Waals surface area contributed by atoms with Crippen molar-refractivity contribution in [2.75, 3.05) is 18.9 Å². The highest BCUT2D eigenvalue weighted by molar-refractivity contribution is 5.93. The number of likely N-dealkylation sites (tertiary alicyclic amines) is 1. The average Bonchev–Trinajstić information content (AvgIpc) is 2.98. The number of hydrogen-bond acceptors (Lipinski definition) is 5. The number of nitrogens with one attached hydrogen (secondary N) is 3. The van der Waals surface area contributed by atoms with Gasteiger partial charge in [-0.25, -0.2) is 14.7 Å². The number of ether oxygens (including phenoxy) is 1. The highest BCUT2D eigenvalue weighted by Gasteiger charge is 2.28. The molecule has 1 aliphatic rings. The Balaban J connectivity index is 1.29. The fraction of sp³-hybridized carbons (Fsp3) is 0.375. The summed E-state index contributed by atoms with van der Waals surface area (Å²) in [6.07, 6.45) is 3.53. The van der Waals surface area contributed by atoms with Gasteiger partial charge in [0.05, 0.1) is 6.10 Å². The molecule has 2 unspecified atom stereocenters. The van der Waals surface area contributed by atoms with Crippen molar-refractivity contribution in [3.8, 4) is 11.5 Å². The minimum absolute atomic E-state index is 0.0609. The lowest BCUT2D eigenvalue weighted by Gasteiger charge is -2.36. The number of nitrogens with zero attached hydrogens (tertiary/aromatic N) is 1. The van der Waals surface area contributed by atoms with Crippen molar-refractivity contribution in [1.82, 2.24) is 15.7 Å². The molecule has 0 aromatic heterocycles. The number of anilines is 1. The lowest BCUT2D eigenvalue weighted by atomic mass is 9.94. The molecule has 0 aliphatic carbocycles. The Labute approximate surface area is 241 Å². The van der Waals surface area contributed by atoms with Gasteiger partial charge in [-0.05, 0) is 87.2 Å². The van der Waals surface area contributed by atoms with E-state index in [1.165, 1.54) is 6.07 Å². The monoisotopic (exact) mass is 562 g/mol. The van der Waals surface area contributed by atoms with Crippen molar-refractivity contribution in [3.05, 3.63) is 89.7 Å². The van der Waals surface area contributed by atoms with E-state index in [-0.39, 0.29) is 35.9 Å². The quantitative estimate of drug-likeness (QED) is 0.239. The zero-order chi connectivity index (χ0) is 29.2. The van der Waals surface area contributed by atoms with Crippen LogP contribution in [0.3, 0.4) is 0 Å². The van der Waals surface area contributed by atoms with Gasteiger partial charge in [0.2, 0.25) is 0 Å². The fourth-order valence-corrected chi connectivity index (χ4v) is 4.86. The molecule has 0 saturated carbocycles. The van der Waals surface area contributed by atoms with Crippen LogP contribution in [0.15, 0.2) is 72.8 Å². The number of likely N-dealkylation sites (N-methyl/N-ethyl adjacent to an activating group) is 1. The van der Waals surface area contributed by atoms with Crippen LogP contribution in [-0.4, -0.2) is 48.6 Å². The van der Waals surface area contributed by atoms with Gasteiger partial charge in [0, 0.05) is 35.9 Å². The Bertz CT molecular complexity index is 1280. The van der Waals surface area contributed by atoms with E-state index in [9.17, 15) is 9.59 Å². The van der Waals surface area contributed by atoms with Crippen LogP contribution in [0, 0.1) is 5.82 Å². The molecule has 41 heavy (non-hydrogen) atoms. The average molecular weight is 563 g/mol. The van der Waals surface area contributed by atoms with E-state index >= 15 is 4.39 Å². The topological polar surface area (TPSA) is 91.9 Å². The normalized spacial score (nSPS) is 17.2. The number of urea groups is 1. The SMILES string of the molecule is CCC(CC)NC(=O)Nc1ccc(Oc2ccc(CC3CC(ONC(=O)c4ccccc4)CCN3C)c(F)c2)cc1. The first-order valence-corrected chi connectivity index (χ1v) is 14.2. The van der Waals surface area contributed by atoms with E-state index < -0.39 is 0 Å². The van der Waals surface area contributed by atoms with Gasteiger partial charge in [0.1, 0.15) is 17.3 Å².